The van der Waals surface area contributed by atoms with Crippen molar-refractivity contribution < 1.29 is 14.3 Å². The summed E-state index contributed by atoms with van der Waals surface area (Å²) in [6.07, 6.45) is 0. The number of para-hydroxylation sites is 1. The van der Waals surface area contributed by atoms with Gasteiger partial charge in [-0.25, -0.2) is 4.79 Å². The van der Waals surface area contributed by atoms with Crippen molar-refractivity contribution in [1.82, 2.24) is 10.2 Å². The summed E-state index contributed by atoms with van der Waals surface area (Å²) in [6.45, 7) is 3.37. The number of ether oxygens (including phenoxy) is 1. The largest absolute Gasteiger partial charge is 0.497 e. The third-order valence-corrected chi connectivity index (χ3v) is 7.77. The second-order valence-corrected chi connectivity index (χ2v) is 9.84. The van der Waals surface area contributed by atoms with Gasteiger partial charge in [-0.05, 0) is 36.2 Å². The van der Waals surface area contributed by atoms with Gasteiger partial charge >= 0.3 is 6.03 Å². The van der Waals surface area contributed by atoms with Crippen LogP contribution in [-0.2, 0) is 22.8 Å². The number of hydrogen-bond acceptors (Lipinski definition) is 4. The predicted octanol–water partition coefficient (Wildman–Crippen LogP) is 4.66. The number of carbonyl (C=O) groups is 2. The van der Waals surface area contributed by atoms with E-state index in [1.807, 2.05) is 73.7 Å². The quantitative estimate of drug-likeness (QED) is 0.585. The lowest BCUT2D eigenvalue weighted by molar-refractivity contribution is -0.123. The molecule has 6 nitrogen and oxygen atoms in total. The molecule has 1 saturated heterocycles. The van der Waals surface area contributed by atoms with Gasteiger partial charge in [0.1, 0.15) is 5.75 Å². The molecule has 5 rings (SSSR count). The summed E-state index contributed by atoms with van der Waals surface area (Å²) >= 11 is 1.53. The summed E-state index contributed by atoms with van der Waals surface area (Å²) in [6, 6.07) is 23.4. The Morgan fingerprint density at radius 1 is 1.06 bits per heavy atom. The molecule has 2 aliphatic rings. The van der Waals surface area contributed by atoms with Crippen molar-refractivity contribution in [3.8, 4) is 5.75 Å². The SMILES string of the molecule is COc1cccc(CN2C(=O)[C@@]3(SCCN3C(=O)NCc3cccc(C)c3)c3ccccc32)c1. The number of nitrogens with zero attached hydrogens (tertiary/aromatic N) is 2. The lowest BCUT2D eigenvalue weighted by Gasteiger charge is -2.33. The topological polar surface area (TPSA) is 61.9 Å². The number of urea groups is 1. The Kier molecular flexibility index (Phi) is 5.96. The highest BCUT2D eigenvalue weighted by Gasteiger charge is 2.59. The van der Waals surface area contributed by atoms with Crippen LogP contribution in [0.3, 0.4) is 0 Å². The van der Waals surface area contributed by atoms with Crippen LogP contribution in [0.4, 0.5) is 10.5 Å². The van der Waals surface area contributed by atoms with Gasteiger partial charge in [0.15, 0.2) is 4.87 Å². The molecule has 174 valence electrons. The fourth-order valence-corrected chi connectivity index (χ4v) is 6.23. The number of methoxy groups -OCH3 is 1. The van der Waals surface area contributed by atoms with E-state index in [0.29, 0.717) is 25.4 Å². The first-order valence-electron chi connectivity index (χ1n) is 11.3. The van der Waals surface area contributed by atoms with Crippen LogP contribution in [0, 0.1) is 6.92 Å². The van der Waals surface area contributed by atoms with Gasteiger partial charge in [0.25, 0.3) is 5.91 Å². The number of nitrogens with one attached hydrogen (secondary N) is 1. The number of amides is 3. The smallest absolute Gasteiger partial charge is 0.319 e. The molecule has 0 aliphatic carbocycles. The van der Waals surface area contributed by atoms with E-state index >= 15 is 0 Å². The molecule has 34 heavy (non-hydrogen) atoms. The zero-order chi connectivity index (χ0) is 23.7. The maximum atomic E-state index is 14.0. The summed E-state index contributed by atoms with van der Waals surface area (Å²) < 4.78 is 5.36. The molecule has 1 spiro atoms. The van der Waals surface area contributed by atoms with Crippen LogP contribution in [0.1, 0.15) is 22.3 Å². The molecule has 2 aliphatic heterocycles. The van der Waals surface area contributed by atoms with Gasteiger partial charge in [-0.1, -0.05) is 60.2 Å². The Morgan fingerprint density at radius 3 is 2.68 bits per heavy atom. The summed E-state index contributed by atoms with van der Waals surface area (Å²) in [5, 5.41) is 3.04. The van der Waals surface area contributed by atoms with Gasteiger partial charge in [0.05, 0.1) is 19.3 Å². The van der Waals surface area contributed by atoms with Crippen LogP contribution in [-0.4, -0.2) is 36.2 Å². The molecule has 1 fully saturated rings. The molecule has 3 aromatic carbocycles. The monoisotopic (exact) mass is 473 g/mol. The van der Waals surface area contributed by atoms with Crippen LogP contribution < -0.4 is 15.0 Å². The maximum absolute atomic E-state index is 14.0. The first-order valence-corrected chi connectivity index (χ1v) is 12.3. The van der Waals surface area contributed by atoms with E-state index in [4.69, 9.17) is 4.74 Å². The highest BCUT2D eigenvalue weighted by atomic mass is 32.2. The summed E-state index contributed by atoms with van der Waals surface area (Å²) in [7, 11) is 1.63. The summed E-state index contributed by atoms with van der Waals surface area (Å²) in [4.78, 5) is 29.9. The van der Waals surface area contributed by atoms with Gasteiger partial charge in [-0.3, -0.25) is 9.69 Å². The van der Waals surface area contributed by atoms with E-state index in [1.165, 1.54) is 11.8 Å². The number of rotatable bonds is 5. The molecule has 7 heteroatoms. The average Bonchev–Trinajstić information content (AvgIpc) is 3.40. The van der Waals surface area contributed by atoms with Crippen LogP contribution in [0.15, 0.2) is 72.8 Å². The Morgan fingerprint density at radius 2 is 1.85 bits per heavy atom. The van der Waals surface area contributed by atoms with Crippen molar-refractivity contribution in [2.75, 3.05) is 24.3 Å². The molecule has 1 atom stereocenters. The highest BCUT2D eigenvalue weighted by Crippen LogP contribution is 2.54. The van der Waals surface area contributed by atoms with E-state index in [1.54, 1.807) is 16.9 Å². The second kappa shape index (κ2) is 9.06. The maximum Gasteiger partial charge on any atom is 0.319 e. The van der Waals surface area contributed by atoms with Crippen molar-refractivity contribution in [1.29, 1.82) is 0 Å². The van der Waals surface area contributed by atoms with Crippen molar-refractivity contribution in [2.24, 2.45) is 0 Å². The molecule has 2 heterocycles. The van der Waals surface area contributed by atoms with E-state index in [-0.39, 0.29) is 11.9 Å². The first-order chi connectivity index (χ1) is 16.5. The first kappa shape index (κ1) is 22.3. The molecule has 0 aromatic heterocycles. The van der Waals surface area contributed by atoms with Crippen molar-refractivity contribution in [2.45, 2.75) is 24.9 Å². The molecule has 3 aromatic rings. The number of aryl methyl sites for hydroxylation is 1. The number of hydrogen-bond donors (Lipinski definition) is 1. The van der Waals surface area contributed by atoms with Crippen LogP contribution >= 0.6 is 11.8 Å². The van der Waals surface area contributed by atoms with Crippen LogP contribution in [0.25, 0.3) is 0 Å². The Balaban J connectivity index is 1.44. The molecular formula is C27H27N3O3S. The summed E-state index contributed by atoms with van der Waals surface area (Å²) in [5.74, 6) is 1.37. The van der Waals surface area contributed by atoms with Gasteiger partial charge in [0.2, 0.25) is 0 Å². The molecule has 0 saturated carbocycles. The predicted molar refractivity (Wildman–Crippen MR) is 135 cm³/mol. The standard InChI is InChI=1S/C27H27N3O3S/c1-19-7-5-8-20(15-19)17-28-26(32)30-13-14-34-27(30)23-11-3-4-12-24(23)29(25(27)31)18-21-9-6-10-22(16-21)33-2/h3-12,15-16H,13-14,17-18H2,1-2H3,(H,28,32)/t27-/m0/s1. The lowest BCUT2D eigenvalue weighted by Crippen LogP contribution is -2.53. The minimum Gasteiger partial charge on any atom is -0.497 e. The van der Waals surface area contributed by atoms with Crippen LogP contribution in [0.5, 0.6) is 5.75 Å². The normalized spacial score (nSPS) is 18.9. The zero-order valence-electron chi connectivity index (χ0n) is 19.3. The Labute approximate surface area is 203 Å². The molecule has 0 unspecified atom stereocenters. The third-order valence-electron chi connectivity index (χ3n) is 6.35. The minimum atomic E-state index is -1.05. The molecule has 0 radical (unpaired) electrons. The van der Waals surface area contributed by atoms with E-state index < -0.39 is 4.87 Å². The number of benzene rings is 3. The Bertz CT molecular complexity index is 1250. The van der Waals surface area contributed by atoms with Gasteiger partial charge in [-0.15, -0.1) is 11.8 Å². The van der Waals surface area contributed by atoms with E-state index in [0.717, 1.165) is 33.7 Å². The van der Waals surface area contributed by atoms with Gasteiger partial charge < -0.3 is 15.0 Å². The highest BCUT2D eigenvalue weighted by molar-refractivity contribution is 8.01. The van der Waals surface area contributed by atoms with Crippen LogP contribution in [0.2, 0.25) is 0 Å². The number of fused-ring (bicyclic) bond motifs is 2. The molecular weight excluding hydrogens is 446 g/mol. The number of carbonyl (C=O) groups excluding carboxylic acids is 2. The third kappa shape index (κ3) is 3.80. The molecule has 1 N–H and O–H groups in total. The van der Waals surface area contributed by atoms with Crippen molar-refractivity contribution >= 4 is 29.4 Å². The van der Waals surface area contributed by atoms with Gasteiger partial charge in [-0.2, -0.15) is 0 Å². The fraction of sp³-hybridized carbons (Fsp3) is 0.259. The average molecular weight is 474 g/mol. The second-order valence-electron chi connectivity index (χ2n) is 8.55. The zero-order valence-corrected chi connectivity index (χ0v) is 20.1. The Hall–Kier alpha value is -3.45. The lowest BCUT2D eigenvalue weighted by atomic mass is 10.1. The minimum absolute atomic E-state index is 0.0790. The van der Waals surface area contributed by atoms with E-state index in [2.05, 4.69) is 11.4 Å². The molecule has 0 bridgehead atoms. The molecule has 3 amide bonds. The van der Waals surface area contributed by atoms with Gasteiger partial charge in [0, 0.05) is 24.4 Å². The number of thioether (sulfide) groups is 1. The number of anilines is 1. The van der Waals surface area contributed by atoms with Crippen molar-refractivity contribution in [3.63, 3.8) is 0 Å². The van der Waals surface area contributed by atoms with Crippen molar-refractivity contribution in [3.05, 3.63) is 95.1 Å². The summed E-state index contributed by atoms with van der Waals surface area (Å²) in [5.41, 5.74) is 4.87. The fourth-order valence-electron chi connectivity index (χ4n) is 4.77. The van der Waals surface area contributed by atoms with E-state index in [9.17, 15) is 9.59 Å².